The average Bonchev–Trinajstić information content (AvgIpc) is 3.52. The zero-order valence-electron chi connectivity index (χ0n) is 18.6. The first kappa shape index (κ1) is 20.8. The summed E-state index contributed by atoms with van der Waals surface area (Å²) in [6.45, 7) is 2.56. The summed E-state index contributed by atoms with van der Waals surface area (Å²) in [5, 5.41) is 14.2. The Labute approximate surface area is 194 Å². The van der Waals surface area contributed by atoms with Gasteiger partial charge in [-0.1, -0.05) is 17.7 Å². The topological polar surface area (TPSA) is 122 Å². The number of rotatable bonds is 3. The van der Waals surface area contributed by atoms with Crippen LogP contribution in [0.1, 0.15) is 24.0 Å². The van der Waals surface area contributed by atoms with Gasteiger partial charge < -0.3 is 10.1 Å². The summed E-state index contributed by atoms with van der Waals surface area (Å²) in [5.74, 6) is -2.70. The summed E-state index contributed by atoms with van der Waals surface area (Å²) in [6.07, 6.45) is 1.54. The molecule has 1 N–H and O–H groups in total. The second-order valence-corrected chi connectivity index (χ2v) is 9.30. The van der Waals surface area contributed by atoms with Gasteiger partial charge in [0, 0.05) is 23.4 Å². The highest BCUT2D eigenvalue weighted by molar-refractivity contribution is 6.26. The molecule has 0 aliphatic carbocycles. The van der Waals surface area contributed by atoms with Gasteiger partial charge in [-0.15, -0.1) is 0 Å². The third-order valence-electron chi connectivity index (χ3n) is 7.76. The zero-order valence-corrected chi connectivity index (χ0v) is 18.6. The summed E-state index contributed by atoms with van der Waals surface area (Å²) in [5.41, 5.74) is 1.03. The van der Waals surface area contributed by atoms with Crippen molar-refractivity contribution >= 4 is 34.8 Å². The van der Waals surface area contributed by atoms with E-state index in [-0.39, 0.29) is 29.1 Å². The number of benzene rings is 2. The minimum absolute atomic E-state index is 0.0559. The standard InChI is InChI=1S/C24H22N4O6/c1-12-5-7-15-14(10-12)24(23(31)25-15)20-19(17-4-3-9-26(17)24)21(29)27(22(20)30)16-8-6-13(28(32)33)11-18(16)34-2/h5-8,10-11,17,19-20H,3-4,9H2,1-2H3,(H,25,31). The van der Waals surface area contributed by atoms with Crippen LogP contribution in [0.3, 0.4) is 0 Å². The van der Waals surface area contributed by atoms with Crippen molar-refractivity contribution in [3.05, 3.63) is 57.6 Å². The number of nitro benzene ring substituents is 1. The number of amides is 3. The minimum atomic E-state index is -1.26. The van der Waals surface area contributed by atoms with Crippen molar-refractivity contribution in [2.24, 2.45) is 11.8 Å². The quantitative estimate of drug-likeness (QED) is 0.422. The average molecular weight is 462 g/mol. The molecule has 0 bridgehead atoms. The first-order chi connectivity index (χ1) is 16.3. The van der Waals surface area contributed by atoms with Crippen LogP contribution >= 0.6 is 0 Å². The number of nitrogens with one attached hydrogen (secondary N) is 1. The summed E-state index contributed by atoms with van der Waals surface area (Å²) >= 11 is 0. The molecule has 10 nitrogen and oxygen atoms in total. The van der Waals surface area contributed by atoms with Crippen molar-refractivity contribution in [2.75, 3.05) is 23.9 Å². The van der Waals surface area contributed by atoms with E-state index in [2.05, 4.69) is 10.2 Å². The number of non-ortho nitro benzene ring substituents is 1. The van der Waals surface area contributed by atoms with Gasteiger partial charge >= 0.3 is 0 Å². The molecule has 4 atom stereocenters. The maximum absolute atomic E-state index is 14.0. The number of nitro groups is 1. The van der Waals surface area contributed by atoms with Gasteiger partial charge in [0.15, 0.2) is 0 Å². The Balaban J connectivity index is 1.53. The number of fused-ring (bicyclic) bond motifs is 7. The van der Waals surface area contributed by atoms with E-state index in [0.29, 0.717) is 18.7 Å². The van der Waals surface area contributed by atoms with Crippen LogP contribution in [0.25, 0.3) is 0 Å². The van der Waals surface area contributed by atoms with Gasteiger partial charge in [0.2, 0.25) is 17.7 Å². The summed E-state index contributed by atoms with van der Waals surface area (Å²) in [7, 11) is 1.33. The number of aryl methyl sites for hydroxylation is 1. The van der Waals surface area contributed by atoms with Crippen molar-refractivity contribution in [3.8, 4) is 5.75 Å². The van der Waals surface area contributed by atoms with Crippen LogP contribution in [-0.2, 0) is 19.9 Å². The number of carbonyl (C=O) groups excluding carboxylic acids is 3. The fraction of sp³-hybridized carbons (Fsp3) is 0.375. The van der Waals surface area contributed by atoms with Crippen molar-refractivity contribution in [1.82, 2.24) is 4.90 Å². The van der Waals surface area contributed by atoms with Crippen molar-refractivity contribution in [3.63, 3.8) is 0 Å². The Kier molecular flexibility index (Phi) is 4.20. The number of hydrogen-bond acceptors (Lipinski definition) is 7. The molecule has 2 aromatic rings. The molecule has 4 aliphatic heterocycles. The summed E-state index contributed by atoms with van der Waals surface area (Å²) in [4.78, 5) is 55.3. The lowest BCUT2D eigenvalue weighted by atomic mass is 9.75. The molecule has 0 saturated carbocycles. The van der Waals surface area contributed by atoms with Crippen LogP contribution in [0.2, 0.25) is 0 Å². The molecule has 4 heterocycles. The third-order valence-corrected chi connectivity index (χ3v) is 7.76. The molecule has 10 heteroatoms. The Morgan fingerprint density at radius 3 is 2.68 bits per heavy atom. The van der Waals surface area contributed by atoms with Crippen LogP contribution in [0.5, 0.6) is 5.75 Å². The van der Waals surface area contributed by atoms with Crippen molar-refractivity contribution in [1.29, 1.82) is 0 Å². The molecule has 0 aromatic heterocycles. The molecule has 2 aromatic carbocycles. The van der Waals surface area contributed by atoms with E-state index in [4.69, 9.17) is 4.74 Å². The third kappa shape index (κ3) is 2.35. The van der Waals surface area contributed by atoms with E-state index in [1.165, 1.54) is 25.3 Å². The molecule has 6 rings (SSSR count). The summed E-state index contributed by atoms with van der Waals surface area (Å²) < 4.78 is 5.32. The van der Waals surface area contributed by atoms with E-state index in [1.54, 1.807) is 0 Å². The molecule has 34 heavy (non-hydrogen) atoms. The largest absolute Gasteiger partial charge is 0.494 e. The molecule has 0 radical (unpaired) electrons. The molecular formula is C24H22N4O6. The van der Waals surface area contributed by atoms with Gasteiger partial charge in [-0.3, -0.25) is 29.4 Å². The molecule has 1 spiro atoms. The normalized spacial score (nSPS) is 29.4. The van der Waals surface area contributed by atoms with Gasteiger partial charge in [-0.2, -0.15) is 0 Å². The van der Waals surface area contributed by atoms with Gasteiger partial charge in [-0.25, -0.2) is 4.90 Å². The van der Waals surface area contributed by atoms with Crippen LogP contribution in [0, 0.1) is 28.9 Å². The molecule has 3 amide bonds. The number of hydrogen-bond donors (Lipinski definition) is 1. The van der Waals surface area contributed by atoms with Crippen LogP contribution < -0.4 is 15.0 Å². The van der Waals surface area contributed by atoms with Gasteiger partial charge in [0.05, 0.1) is 35.6 Å². The van der Waals surface area contributed by atoms with E-state index < -0.39 is 34.1 Å². The van der Waals surface area contributed by atoms with Gasteiger partial charge in [0.25, 0.3) is 5.69 Å². The van der Waals surface area contributed by atoms with Crippen LogP contribution in [-0.4, -0.2) is 47.2 Å². The number of carbonyl (C=O) groups is 3. The highest BCUT2D eigenvalue weighted by Gasteiger charge is 2.74. The predicted molar refractivity (Wildman–Crippen MR) is 120 cm³/mol. The second kappa shape index (κ2) is 6.86. The highest BCUT2D eigenvalue weighted by Crippen LogP contribution is 2.61. The van der Waals surface area contributed by atoms with E-state index in [0.717, 1.165) is 22.4 Å². The number of ether oxygens (including phenoxy) is 1. The SMILES string of the molecule is COc1cc([N+](=O)[O-])ccc1N1C(=O)C2C3CCCN3C3(C(=O)Nc4ccc(C)cc43)C2C1=O. The number of anilines is 2. The lowest BCUT2D eigenvalue weighted by Crippen LogP contribution is -2.54. The van der Waals surface area contributed by atoms with E-state index in [9.17, 15) is 24.5 Å². The molecular weight excluding hydrogens is 440 g/mol. The van der Waals surface area contributed by atoms with Crippen molar-refractivity contribution < 1.29 is 24.0 Å². The molecule has 3 saturated heterocycles. The van der Waals surface area contributed by atoms with Gasteiger partial charge in [0.1, 0.15) is 11.3 Å². The van der Waals surface area contributed by atoms with Gasteiger partial charge in [-0.05, 0) is 38.4 Å². The smallest absolute Gasteiger partial charge is 0.273 e. The monoisotopic (exact) mass is 462 g/mol. The maximum atomic E-state index is 14.0. The Morgan fingerprint density at radius 1 is 1.15 bits per heavy atom. The minimum Gasteiger partial charge on any atom is -0.494 e. The van der Waals surface area contributed by atoms with Crippen molar-refractivity contribution in [2.45, 2.75) is 31.3 Å². The van der Waals surface area contributed by atoms with E-state index >= 15 is 0 Å². The highest BCUT2D eigenvalue weighted by atomic mass is 16.6. The zero-order chi connectivity index (χ0) is 23.9. The first-order valence-corrected chi connectivity index (χ1v) is 11.2. The second-order valence-electron chi connectivity index (χ2n) is 9.30. The Hall–Kier alpha value is -3.79. The molecule has 4 aliphatic rings. The first-order valence-electron chi connectivity index (χ1n) is 11.2. The molecule has 3 fully saturated rings. The molecule has 4 unspecified atom stereocenters. The Morgan fingerprint density at radius 2 is 1.94 bits per heavy atom. The fourth-order valence-electron chi connectivity index (χ4n) is 6.52. The lowest BCUT2D eigenvalue weighted by Gasteiger charge is -2.36. The fourth-order valence-corrected chi connectivity index (χ4v) is 6.52. The predicted octanol–water partition coefficient (Wildman–Crippen LogP) is 2.34. The lowest BCUT2D eigenvalue weighted by molar-refractivity contribution is -0.384. The number of methoxy groups -OCH3 is 1. The summed E-state index contributed by atoms with van der Waals surface area (Å²) in [6, 6.07) is 9.23. The van der Waals surface area contributed by atoms with Crippen LogP contribution in [0.15, 0.2) is 36.4 Å². The van der Waals surface area contributed by atoms with Crippen LogP contribution in [0.4, 0.5) is 17.1 Å². The van der Waals surface area contributed by atoms with E-state index in [1.807, 2.05) is 25.1 Å². The number of nitrogens with zero attached hydrogens (tertiary/aromatic N) is 3. The maximum Gasteiger partial charge on any atom is 0.273 e. The molecule has 174 valence electrons. The Bertz CT molecular complexity index is 1310. The number of imide groups is 1.